The van der Waals surface area contributed by atoms with E-state index in [-0.39, 0.29) is 5.97 Å². The molecule has 0 aromatic rings. The lowest BCUT2D eigenvalue weighted by Gasteiger charge is -1.98. The topological polar surface area (TPSA) is 26.3 Å². The summed E-state index contributed by atoms with van der Waals surface area (Å²) in [6.45, 7) is 2.64. The lowest BCUT2D eigenvalue weighted by molar-refractivity contribution is -0.137. The third-order valence-electron chi connectivity index (χ3n) is 1.87. The predicted molar refractivity (Wildman–Crippen MR) is 47.7 cm³/mol. The Morgan fingerprint density at radius 1 is 1.58 bits per heavy atom. The number of esters is 1. The maximum absolute atomic E-state index is 10.9. The first-order valence-corrected chi connectivity index (χ1v) is 4.68. The zero-order valence-electron chi connectivity index (χ0n) is 7.58. The van der Waals surface area contributed by atoms with Crippen molar-refractivity contribution in [3.8, 4) is 0 Å². The highest BCUT2D eigenvalue weighted by atomic mass is 16.5. The van der Waals surface area contributed by atoms with Crippen LogP contribution in [0.4, 0.5) is 0 Å². The van der Waals surface area contributed by atoms with Crippen LogP contribution in [0.1, 0.15) is 32.6 Å². The number of allylic oxidation sites excluding steroid dienone is 1. The first kappa shape index (κ1) is 9.30. The van der Waals surface area contributed by atoms with Gasteiger partial charge in [-0.1, -0.05) is 19.4 Å². The number of hydrogen-bond acceptors (Lipinski definition) is 2. The SMILES string of the molecule is CCCCOC(=O)C=CC1CC1. The second kappa shape index (κ2) is 4.96. The van der Waals surface area contributed by atoms with Crippen molar-refractivity contribution >= 4 is 5.97 Å². The highest BCUT2D eigenvalue weighted by molar-refractivity contribution is 5.81. The smallest absolute Gasteiger partial charge is 0.330 e. The molecule has 0 bridgehead atoms. The Morgan fingerprint density at radius 3 is 2.92 bits per heavy atom. The summed E-state index contributed by atoms with van der Waals surface area (Å²) in [7, 11) is 0. The summed E-state index contributed by atoms with van der Waals surface area (Å²) in [5, 5.41) is 0. The number of carbonyl (C=O) groups is 1. The molecule has 1 aliphatic carbocycles. The van der Waals surface area contributed by atoms with Crippen molar-refractivity contribution in [2.45, 2.75) is 32.6 Å². The molecule has 0 radical (unpaired) electrons. The van der Waals surface area contributed by atoms with E-state index < -0.39 is 0 Å². The summed E-state index contributed by atoms with van der Waals surface area (Å²) in [6, 6.07) is 0. The highest BCUT2D eigenvalue weighted by Crippen LogP contribution is 2.29. The average Bonchev–Trinajstić information content (AvgIpc) is 2.84. The Labute approximate surface area is 73.6 Å². The van der Waals surface area contributed by atoms with Crippen LogP contribution in [0.2, 0.25) is 0 Å². The van der Waals surface area contributed by atoms with Gasteiger partial charge in [0.1, 0.15) is 0 Å². The minimum absolute atomic E-state index is 0.185. The first-order chi connectivity index (χ1) is 5.83. The van der Waals surface area contributed by atoms with Crippen molar-refractivity contribution in [1.82, 2.24) is 0 Å². The predicted octanol–water partition coefficient (Wildman–Crippen LogP) is 2.30. The van der Waals surface area contributed by atoms with Gasteiger partial charge in [0.2, 0.25) is 0 Å². The van der Waals surface area contributed by atoms with Crippen molar-refractivity contribution in [2.75, 3.05) is 6.61 Å². The molecule has 2 heteroatoms. The highest BCUT2D eigenvalue weighted by Gasteiger charge is 2.17. The zero-order valence-corrected chi connectivity index (χ0v) is 7.58. The second-order valence-electron chi connectivity index (χ2n) is 3.22. The molecule has 68 valence electrons. The fourth-order valence-corrected chi connectivity index (χ4v) is 0.869. The molecule has 0 amide bonds. The standard InChI is InChI=1S/C10H16O2/c1-2-3-8-12-10(11)7-6-9-4-5-9/h6-7,9H,2-5,8H2,1H3. The molecule has 0 unspecified atom stereocenters. The zero-order chi connectivity index (χ0) is 8.81. The lowest BCUT2D eigenvalue weighted by atomic mass is 10.3. The van der Waals surface area contributed by atoms with Gasteiger partial charge in [0.25, 0.3) is 0 Å². The largest absolute Gasteiger partial charge is 0.463 e. The number of rotatable bonds is 5. The molecular formula is C10H16O2. The second-order valence-corrected chi connectivity index (χ2v) is 3.22. The van der Waals surface area contributed by atoms with Gasteiger partial charge in [-0.3, -0.25) is 0 Å². The fraction of sp³-hybridized carbons (Fsp3) is 0.700. The van der Waals surface area contributed by atoms with Crippen LogP contribution in [0, 0.1) is 5.92 Å². The molecule has 12 heavy (non-hydrogen) atoms. The number of hydrogen-bond donors (Lipinski definition) is 0. The van der Waals surface area contributed by atoms with Gasteiger partial charge in [0.05, 0.1) is 6.61 Å². The molecule has 2 nitrogen and oxygen atoms in total. The van der Waals surface area contributed by atoms with Gasteiger partial charge in [0.15, 0.2) is 0 Å². The van der Waals surface area contributed by atoms with Crippen LogP contribution in [0.3, 0.4) is 0 Å². The van der Waals surface area contributed by atoms with Crippen molar-refractivity contribution in [3.63, 3.8) is 0 Å². The van der Waals surface area contributed by atoms with E-state index in [2.05, 4.69) is 6.92 Å². The van der Waals surface area contributed by atoms with Crippen molar-refractivity contribution in [3.05, 3.63) is 12.2 Å². The molecule has 1 aliphatic rings. The van der Waals surface area contributed by atoms with Crippen molar-refractivity contribution < 1.29 is 9.53 Å². The number of carbonyl (C=O) groups excluding carboxylic acids is 1. The molecule has 0 aliphatic heterocycles. The summed E-state index contributed by atoms with van der Waals surface area (Å²) in [5.41, 5.74) is 0. The van der Waals surface area contributed by atoms with E-state index >= 15 is 0 Å². The Bertz CT molecular complexity index is 169. The van der Waals surface area contributed by atoms with Crippen LogP contribution in [0.5, 0.6) is 0 Å². The molecule has 0 atom stereocenters. The van der Waals surface area contributed by atoms with E-state index in [0.29, 0.717) is 12.5 Å². The molecule has 0 aromatic carbocycles. The molecule has 1 rings (SSSR count). The Morgan fingerprint density at radius 2 is 2.33 bits per heavy atom. The van der Waals surface area contributed by atoms with E-state index in [1.54, 1.807) is 6.08 Å². The van der Waals surface area contributed by atoms with E-state index in [1.807, 2.05) is 6.08 Å². The Balaban J connectivity index is 2.02. The van der Waals surface area contributed by atoms with E-state index in [0.717, 1.165) is 12.8 Å². The average molecular weight is 168 g/mol. The minimum Gasteiger partial charge on any atom is -0.463 e. The van der Waals surface area contributed by atoms with Gasteiger partial charge in [-0.15, -0.1) is 0 Å². The van der Waals surface area contributed by atoms with Gasteiger partial charge in [-0.25, -0.2) is 4.79 Å². The molecule has 0 heterocycles. The molecular weight excluding hydrogens is 152 g/mol. The molecule has 1 fully saturated rings. The van der Waals surface area contributed by atoms with Crippen LogP contribution in [0.25, 0.3) is 0 Å². The quantitative estimate of drug-likeness (QED) is 0.357. The van der Waals surface area contributed by atoms with E-state index in [9.17, 15) is 4.79 Å². The Hall–Kier alpha value is -0.790. The maximum atomic E-state index is 10.9. The van der Waals surface area contributed by atoms with Crippen molar-refractivity contribution in [2.24, 2.45) is 5.92 Å². The Kier molecular flexibility index (Phi) is 3.85. The maximum Gasteiger partial charge on any atom is 0.330 e. The van der Waals surface area contributed by atoms with Gasteiger partial charge in [0, 0.05) is 6.08 Å². The number of ether oxygens (including phenoxy) is 1. The first-order valence-electron chi connectivity index (χ1n) is 4.68. The van der Waals surface area contributed by atoms with E-state index in [1.165, 1.54) is 12.8 Å². The molecule has 0 N–H and O–H groups in total. The summed E-state index contributed by atoms with van der Waals surface area (Å²) in [4.78, 5) is 10.9. The summed E-state index contributed by atoms with van der Waals surface area (Å²) in [5.74, 6) is 0.471. The lowest BCUT2D eigenvalue weighted by Crippen LogP contribution is -2.01. The van der Waals surface area contributed by atoms with Gasteiger partial charge < -0.3 is 4.74 Å². The monoisotopic (exact) mass is 168 g/mol. The molecule has 0 spiro atoms. The summed E-state index contributed by atoms with van der Waals surface area (Å²) in [6.07, 6.45) is 8.02. The van der Waals surface area contributed by atoms with Crippen molar-refractivity contribution in [1.29, 1.82) is 0 Å². The third kappa shape index (κ3) is 4.16. The minimum atomic E-state index is -0.185. The van der Waals surface area contributed by atoms with Crippen LogP contribution in [-0.4, -0.2) is 12.6 Å². The fourth-order valence-electron chi connectivity index (χ4n) is 0.869. The van der Waals surface area contributed by atoms with Crippen LogP contribution >= 0.6 is 0 Å². The number of unbranched alkanes of at least 4 members (excludes halogenated alkanes) is 1. The molecule has 1 saturated carbocycles. The molecule has 0 saturated heterocycles. The molecule has 0 aromatic heterocycles. The van der Waals surface area contributed by atoms with Crippen LogP contribution < -0.4 is 0 Å². The van der Waals surface area contributed by atoms with E-state index in [4.69, 9.17) is 4.74 Å². The normalized spacial score (nSPS) is 16.8. The van der Waals surface area contributed by atoms with Crippen LogP contribution in [-0.2, 0) is 9.53 Å². The van der Waals surface area contributed by atoms with Gasteiger partial charge in [-0.05, 0) is 25.2 Å². The summed E-state index contributed by atoms with van der Waals surface area (Å²) < 4.78 is 4.93. The van der Waals surface area contributed by atoms with Crippen LogP contribution in [0.15, 0.2) is 12.2 Å². The van der Waals surface area contributed by atoms with Gasteiger partial charge >= 0.3 is 5.97 Å². The van der Waals surface area contributed by atoms with Gasteiger partial charge in [-0.2, -0.15) is 0 Å². The third-order valence-corrected chi connectivity index (χ3v) is 1.87. The summed E-state index contributed by atoms with van der Waals surface area (Å²) >= 11 is 0.